The van der Waals surface area contributed by atoms with Crippen molar-refractivity contribution < 1.29 is 4.42 Å². The van der Waals surface area contributed by atoms with Crippen LogP contribution in [0.4, 0.5) is 0 Å². The number of hydrogen-bond acceptors (Lipinski definition) is 4. The maximum Gasteiger partial charge on any atom is 0.180 e. The molecule has 210 valence electrons. The Morgan fingerprint density at radius 2 is 1.27 bits per heavy atom. The lowest BCUT2D eigenvalue weighted by molar-refractivity contribution is 0.667. The van der Waals surface area contributed by atoms with Gasteiger partial charge in [-0.15, -0.1) is 11.3 Å². The molecule has 0 spiro atoms. The molecule has 0 aliphatic heterocycles. The van der Waals surface area contributed by atoms with Gasteiger partial charge in [0.2, 0.25) is 0 Å². The van der Waals surface area contributed by atoms with Crippen LogP contribution in [0.25, 0.3) is 92.4 Å². The normalized spacial score (nSPS) is 12.0. The number of aromatic nitrogens is 3. The molecule has 0 amide bonds. The van der Waals surface area contributed by atoms with Gasteiger partial charge in [0.05, 0.1) is 21.4 Å². The summed E-state index contributed by atoms with van der Waals surface area (Å²) in [6.45, 7) is 0. The number of para-hydroxylation sites is 3. The smallest absolute Gasteiger partial charge is 0.180 e. The van der Waals surface area contributed by atoms with Gasteiger partial charge in [-0.05, 0) is 30.3 Å². The predicted octanol–water partition coefficient (Wildman–Crippen LogP) is 11.2. The summed E-state index contributed by atoms with van der Waals surface area (Å²) in [6.07, 6.45) is 0. The second-order valence-corrected chi connectivity index (χ2v) is 12.4. The first-order valence-electron chi connectivity index (χ1n) is 15.0. The molecule has 0 radical (unpaired) electrons. The molecule has 0 aliphatic rings. The standard InChI is InChI=1S/C40H23N3OS/c1-2-12-24(13-3-1)40-41-35(38-36(42-40)30-17-6-10-20-33(30)44-38)29-16-5-9-19-32(29)43-31-18-8-4-14-25(31)27-22-23-28-26-15-7-11-21-34(26)45-39(28)37(27)43/h1-23H. The summed E-state index contributed by atoms with van der Waals surface area (Å²) in [4.78, 5) is 10.3. The van der Waals surface area contributed by atoms with E-state index in [0.717, 1.165) is 44.5 Å². The highest BCUT2D eigenvalue weighted by atomic mass is 32.1. The third-order valence-electron chi connectivity index (χ3n) is 8.83. The monoisotopic (exact) mass is 593 g/mol. The fourth-order valence-electron chi connectivity index (χ4n) is 6.84. The first-order chi connectivity index (χ1) is 22.3. The van der Waals surface area contributed by atoms with Crippen molar-refractivity contribution in [2.24, 2.45) is 0 Å². The molecule has 10 aromatic rings. The van der Waals surface area contributed by atoms with Crippen LogP contribution in [0.15, 0.2) is 144 Å². The van der Waals surface area contributed by atoms with Gasteiger partial charge in [0.1, 0.15) is 16.8 Å². The summed E-state index contributed by atoms with van der Waals surface area (Å²) < 4.78 is 11.5. The van der Waals surface area contributed by atoms with E-state index < -0.39 is 0 Å². The molecular formula is C40H23N3OS. The van der Waals surface area contributed by atoms with Crippen molar-refractivity contribution in [1.29, 1.82) is 0 Å². The van der Waals surface area contributed by atoms with Crippen molar-refractivity contribution in [2.45, 2.75) is 0 Å². The Bertz CT molecular complexity index is 2770. The summed E-state index contributed by atoms with van der Waals surface area (Å²) in [7, 11) is 0. The first-order valence-corrected chi connectivity index (χ1v) is 15.8. The molecule has 4 nitrogen and oxygen atoms in total. The van der Waals surface area contributed by atoms with E-state index in [1.807, 2.05) is 47.7 Å². The van der Waals surface area contributed by atoms with Crippen LogP contribution in [0, 0.1) is 0 Å². The highest BCUT2D eigenvalue weighted by molar-refractivity contribution is 7.26. The molecule has 45 heavy (non-hydrogen) atoms. The van der Waals surface area contributed by atoms with E-state index in [-0.39, 0.29) is 0 Å². The highest BCUT2D eigenvalue weighted by Crippen LogP contribution is 2.45. The lowest BCUT2D eigenvalue weighted by atomic mass is 10.1. The lowest BCUT2D eigenvalue weighted by Gasteiger charge is -2.14. The van der Waals surface area contributed by atoms with E-state index in [2.05, 4.69) is 108 Å². The predicted molar refractivity (Wildman–Crippen MR) is 187 cm³/mol. The van der Waals surface area contributed by atoms with Crippen LogP contribution in [-0.2, 0) is 0 Å². The molecule has 6 aromatic carbocycles. The lowest BCUT2D eigenvalue weighted by Crippen LogP contribution is -2.00. The van der Waals surface area contributed by atoms with Gasteiger partial charge in [0, 0.05) is 42.8 Å². The topological polar surface area (TPSA) is 43.9 Å². The number of furan rings is 1. The number of nitrogens with zero attached hydrogens (tertiary/aromatic N) is 3. The summed E-state index contributed by atoms with van der Waals surface area (Å²) in [5.74, 6) is 0.675. The molecule has 0 unspecified atom stereocenters. The van der Waals surface area contributed by atoms with Crippen LogP contribution in [0.1, 0.15) is 0 Å². The molecule has 10 rings (SSSR count). The van der Waals surface area contributed by atoms with Gasteiger partial charge >= 0.3 is 0 Å². The molecule has 5 heteroatoms. The van der Waals surface area contributed by atoms with Crippen molar-refractivity contribution in [3.05, 3.63) is 140 Å². The van der Waals surface area contributed by atoms with E-state index in [1.165, 1.54) is 36.5 Å². The van der Waals surface area contributed by atoms with Gasteiger partial charge in [-0.1, -0.05) is 109 Å². The van der Waals surface area contributed by atoms with Crippen molar-refractivity contribution in [2.75, 3.05) is 0 Å². The molecule has 0 aliphatic carbocycles. The summed E-state index contributed by atoms with van der Waals surface area (Å²) in [5, 5.41) is 6.01. The SMILES string of the molecule is c1ccc(-c2nc(-c3ccccc3-n3c4ccccc4c4ccc5c6ccccc6sc5c43)c3oc4ccccc4c3n2)cc1. The molecule has 0 saturated heterocycles. The Balaban J connectivity index is 1.36. The van der Waals surface area contributed by atoms with Gasteiger partial charge in [0.25, 0.3) is 0 Å². The second kappa shape index (κ2) is 9.36. The minimum atomic E-state index is 0.675. The van der Waals surface area contributed by atoms with E-state index in [1.54, 1.807) is 0 Å². The summed E-state index contributed by atoms with van der Waals surface area (Å²) in [5.41, 5.74) is 8.45. The van der Waals surface area contributed by atoms with E-state index >= 15 is 0 Å². The van der Waals surface area contributed by atoms with Crippen molar-refractivity contribution >= 4 is 75.4 Å². The second-order valence-electron chi connectivity index (χ2n) is 11.3. The molecular weight excluding hydrogens is 571 g/mol. The number of thiophene rings is 1. The van der Waals surface area contributed by atoms with Gasteiger partial charge in [-0.25, -0.2) is 9.97 Å². The number of rotatable bonds is 3. The van der Waals surface area contributed by atoms with E-state index in [0.29, 0.717) is 11.4 Å². The van der Waals surface area contributed by atoms with Crippen LogP contribution in [0.3, 0.4) is 0 Å². The maximum absolute atomic E-state index is 6.55. The van der Waals surface area contributed by atoms with Gasteiger partial charge in [-0.3, -0.25) is 0 Å². The van der Waals surface area contributed by atoms with Gasteiger partial charge in [-0.2, -0.15) is 0 Å². The molecule has 0 N–H and O–H groups in total. The summed E-state index contributed by atoms with van der Waals surface area (Å²) >= 11 is 1.86. The molecule has 4 heterocycles. The van der Waals surface area contributed by atoms with Gasteiger partial charge in [0.15, 0.2) is 11.4 Å². The Morgan fingerprint density at radius 1 is 0.556 bits per heavy atom. The fourth-order valence-corrected chi connectivity index (χ4v) is 8.08. The van der Waals surface area contributed by atoms with Crippen LogP contribution < -0.4 is 0 Å². The Hall–Kier alpha value is -5.78. The quantitative estimate of drug-likeness (QED) is 0.205. The van der Waals surface area contributed by atoms with E-state index in [9.17, 15) is 0 Å². The van der Waals surface area contributed by atoms with Crippen LogP contribution in [0.2, 0.25) is 0 Å². The molecule has 0 fully saturated rings. The van der Waals surface area contributed by atoms with Crippen LogP contribution in [-0.4, -0.2) is 14.5 Å². The van der Waals surface area contributed by atoms with Gasteiger partial charge < -0.3 is 8.98 Å². The molecule has 0 bridgehead atoms. The maximum atomic E-state index is 6.55. The van der Waals surface area contributed by atoms with E-state index in [4.69, 9.17) is 14.4 Å². The minimum absolute atomic E-state index is 0.675. The third kappa shape index (κ3) is 3.53. The van der Waals surface area contributed by atoms with Crippen LogP contribution in [0.5, 0.6) is 0 Å². The Labute approximate surface area is 261 Å². The largest absolute Gasteiger partial charge is 0.452 e. The zero-order valence-electron chi connectivity index (χ0n) is 23.9. The zero-order chi connectivity index (χ0) is 29.5. The Morgan fingerprint density at radius 3 is 2.18 bits per heavy atom. The number of benzene rings is 6. The Kier molecular flexibility index (Phi) is 5.12. The average molecular weight is 594 g/mol. The fraction of sp³-hybridized carbons (Fsp3) is 0. The highest BCUT2D eigenvalue weighted by Gasteiger charge is 2.23. The molecule has 4 aromatic heterocycles. The number of hydrogen-bond donors (Lipinski definition) is 0. The molecule has 0 atom stereocenters. The summed E-state index contributed by atoms with van der Waals surface area (Å²) in [6, 6.07) is 48.8. The zero-order valence-corrected chi connectivity index (χ0v) is 24.8. The minimum Gasteiger partial charge on any atom is -0.452 e. The molecule has 0 saturated carbocycles. The van der Waals surface area contributed by atoms with Crippen molar-refractivity contribution in [3.63, 3.8) is 0 Å². The van der Waals surface area contributed by atoms with Crippen molar-refractivity contribution in [3.8, 4) is 28.3 Å². The first kappa shape index (κ1) is 24.6. The third-order valence-corrected chi connectivity index (χ3v) is 10.0. The van der Waals surface area contributed by atoms with Crippen LogP contribution >= 0.6 is 11.3 Å². The average Bonchev–Trinajstić information content (AvgIpc) is 3.78. The van der Waals surface area contributed by atoms with Crippen molar-refractivity contribution in [1.82, 2.24) is 14.5 Å². The number of fused-ring (bicyclic) bond motifs is 10.